The molecule has 0 spiro atoms. The molecule has 0 unspecified atom stereocenters. The minimum absolute atomic E-state index is 0.0730. The van der Waals surface area contributed by atoms with Crippen molar-refractivity contribution in [2.24, 2.45) is 0 Å². The Kier molecular flexibility index (Phi) is 4.11. The minimum Gasteiger partial charge on any atom is -0.333 e. The number of amides is 3. The van der Waals surface area contributed by atoms with Crippen LogP contribution in [0.5, 0.6) is 0 Å². The summed E-state index contributed by atoms with van der Waals surface area (Å²) in [5.41, 5.74) is 2.59. The van der Waals surface area contributed by atoms with E-state index in [-0.39, 0.29) is 36.3 Å². The van der Waals surface area contributed by atoms with Gasteiger partial charge >= 0.3 is 6.03 Å². The smallest absolute Gasteiger partial charge is 0.322 e. The molecule has 1 fully saturated rings. The lowest BCUT2D eigenvalue weighted by molar-refractivity contribution is -0.117. The predicted octanol–water partition coefficient (Wildman–Crippen LogP) is 3.09. The minimum atomic E-state index is -0.384. The molecule has 2 aromatic rings. The van der Waals surface area contributed by atoms with Crippen LogP contribution in [0, 0.1) is 5.82 Å². The highest BCUT2D eigenvalue weighted by atomic mass is 19.1. The number of anilines is 2. The summed E-state index contributed by atoms with van der Waals surface area (Å²) >= 11 is 0. The number of nitrogens with one attached hydrogen (secondary N) is 1. The molecule has 5 nitrogen and oxygen atoms in total. The normalized spacial score (nSPS) is 21.8. The van der Waals surface area contributed by atoms with Gasteiger partial charge in [-0.05, 0) is 43.2 Å². The Labute approximate surface area is 151 Å². The van der Waals surface area contributed by atoms with E-state index in [1.165, 1.54) is 17.0 Å². The molecule has 0 saturated carbocycles. The fourth-order valence-electron chi connectivity index (χ4n) is 3.82. The highest BCUT2D eigenvalue weighted by Gasteiger charge is 2.35. The molecular weight excluding hydrogens is 333 g/mol. The van der Waals surface area contributed by atoms with Crippen LogP contribution in [0.4, 0.5) is 20.6 Å². The average Bonchev–Trinajstić information content (AvgIpc) is 3.13. The van der Waals surface area contributed by atoms with E-state index in [0.717, 1.165) is 17.7 Å². The predicted molar refractivity (Wildman–Crippen MR) is 97.8 cm³/mol. The Hall–Kier alpha value is -2.89. The number of halogens is 1. The van der Waals surface area contributed by atoms with Crippen LogP contribution in [-0.2, 0) is 11.2 Å². The number of fused-ring (bicyclic) bond motifs is 1. The van der Waals surface area contributed by atoms with Crippen LogP contribution >= 0.6 is 0 Å². The summed E-state index contributed by atoms with van der Waals surface area (Å²) in [5, 5.41) is 2.97. The van der Waals surface area contributed by atoms with E-state index in [2.05, 4.69) is 5.32 Å². The maximum Gasteiger partial charge on any atom is 0.322 e. The van der Waals surface area contributed by atoms with Crippen LogP contribution < -0.4 is 15.1 Å². The largest absolute Gasteiger partial charge is 0.333 e. The van der Waals surface area contributed by atoms with Crippen molar-refractivity contribution < 1.29 is 14.0 Å². The molecule has 0 bridgehead atoms. The van der Waals surface area contributed by atoms with Crippen molar-refractivity contribution >= 4 is 23.3 Å². The first-order valence-corrected chi connectivity index (χ1v) is 8.76. The number of hydrogen-bond donors (Lipinski definition) is 1. The van der Waals surface area contributed by atoms with Gasteiger partial charge in [0.05, 0.1) is 6.04 Å². The third-order valence-electron chi connectivity index (χ3n) is 5.00. The molecule has 4 rings (SSSR count). The summed E-state index contributed by atoms with van der Waals surface area (Å²) in [6, 6.07) is 13.4. The quantitative estimate of drug-likeness (QED) is 0.902. The summed E-state index contributed by atoms with van der Waals surface area (Å²) in [4.78, 5) is 28.4. The zero-order valence-electron chi connectivity index (χ0n) is 14.5. The maximum absolute atomic E-state index is 13.4. The number of para-hydroxylation sites is 1. The number of hydrogen-bond acceptors (Lipinski definition) is 2. The second kappa shape index (κ2) is 6.44. The standard InChI is InChI=1S/C20H20FN3O2/c1-13-9-14-5-2-3-8-18(14)24(13)20(26)22-16-11-19(25)23(12-16)17-7-4-6-15(21)10-17/h2-8,10,13,16H,9,11-12H2,1H3,(H,22,26)/t13-,16+/m0/s1. The zero-order valence-corrected chi connectivity index (χ0v) is 14.5. The highest BCUT2D eigenvalue weighted by Crippen LogP contribution is 2.32. The maximum atomic E-state index is 13.4. The molecule has 6 heteroatoms. The van der Waals surface area contributed by atoms with Crippen molar-refractivity contribution in [3.63, 3.8) is 0 Å². The van der Waals surface area contributed by atoms with Gasteiger partial charge in [-0.15, -0.1) is 0 Å². The van der Waals surface area contributed by atoms with Crippen LogP contribution in [0.15, 0.2) is 48.5 Å². The zero-order chi connectivity index (χ0) is 18.3. The van der Waals surface area contributed by atoms with Gasteiger partial charge in [0.25, 0.3) is 0 Å². The van der Waals surface area contributed by atoms with E-state index in [1.54, 1.807) is 17.0 Å². The number of benzene rings is 2. The van der Waals surface area contributed by atoms with Crippen molar-refractivity contribution in [1.29, 1.82) is 0 Å². The van der Waals surface area contributed by atoms with Crippen molar-refractivity contribution in [3.8, 4) is 0 Å². The van der Waals surface area contributed by atoms with E-state index in [9.17, 15) is 14.0 Å². The van der Waals surface area contributed by atoms with E-state index in [1.807, 2.05) is 31.2 Å². The lowest BCUT2D eigenvalue weighted by Gasteiger charge is -2.25. The van der Waals surface area contributed by atoms with E-state index in [4.69, 9.17) is 0 Å². The molecule has 1 N–H and O–H groups in total. The molecule has 2 aliphatic rings. The Bertz CT molecular complexity index is 870. The molecule has 2 aliphatic heterocycles. The molecule has 0 aliphatic carbocycles. The van der Waals surface area contributed by atoms with Crippen LogP contribution in [0.25, 0.3) is 0 Å². The molecule has 26 heavy (non-hydrogen) atoms. The summed E-state index contributed by atoms with van der Waals surface area (Å²) in [6.45, 7) is 2.36. The third kappa shape index (κ3) is 2.92. The molecule has 2 heterocycles. The van der Waals surface area contributed by atoms with Crippen molar-refractivity contribution in [2.75, 3.05) is 16.3 Å². The van der Waals surface area contributed by atoms with Crippen LogP contribution in [0.3, 0.4) is 0 Å². The molecule has 2 atom stereocenters. The Morgan fingerprint density at radius 3 is 2.77 bits per heavy atom. The Morgan fingerprint density at radius 2 is 1.96 bits per heavy atom. The number of carbonyl (C=O) groups is 2. The summed E-state index contributed by atoms with van der Waals surface area (Å²) < 4.78 is 13.4. The van der Waals surface area contributed by atoms with Gasteiger partial charge in [-0.2, -0.15) is 0 Å². The second-order valence-electron chi connectivity index (χ2n) is 6.89. The Morgan fingerprint density at radius 1 is 1.15 bits per heavy atom. The lowest BCUT2D eigenvalue weighted by atomic mass is 10.1. The molecule has 3 amide bonds. The SMILES string of the molecule is C[C@H]1Cc2ccccc2N1C(=O)N[C@@H]1CC(=O)N(c2cccc(F)c2)C1. The third-order valence-corrected chi connectivity index (χ3v) is 5.00. The first-order valence-electron chi connectivity index (χ1n) is 8.76. The van der Waals surface area contributed by atoms with Gasteiger partial charge in [0.2, 0.25) is 5.91 Å². The summed E-state index contributed by atoms with van der Waals surface area (Å²) in [6.07, 6.45) is 1.04. The van der Waals surface area contributed by atoms with Gasteiger partial charge in [-0.25, -0.2) is 9.18 Å². The van der Waals surface area contributed by atoms with Crippen LogP contribution in [0.2, 0.25) is 0 Å². The van der Waals surface area contributed by atoms with Gasteiger partial charge in [0.15, 0.2) is 0 Å². The number of carbonyl (C=O) groups excluding carboxylic acids is 2. The van der Waals surface area contributed by atoms with Gasteiger partial charge in [-0.3, -0.25) is 9.69 Å². The van der Waals surface area contributed by atoms with Gasteiger partial charge in [0.1, 0.15) is 5.82 Å². The van der Waals surface area contributed by atoms with E-state index < -0.39 is 0 Å². The van der Waals surface area contributed by atoms with Crippen LogP contribution in [0.1, 0.15) is 18.9 Å². The Balaban J connectivity index is 1.47. The number of urea groups is 1. The van der Waals surface area contributed by atoms with Crippen molar-refractivity contribution in [1.82, 2.24) is 5.32 Å². The fraction of sp³-hybridized carbons (Fsp3) is 0.300. The summed E-state index contributed by atoms with van der Waals surface area (Å²) in [5.74, 6) is -0.499. The lowest BCUT2D eigenvalue weighted by Crippen LogP contribution is -2.48. The van der Waals surface area contributed by atoms with Gasteiger partial charge < -0.3 is 10.2 Å². The van der Waals surface area contributed by atoms with E-state index >= 15 is 0 Å². The summed E-state index contributed by atoms with van der Waals surface area (Å²) in [7, 11) is 0. The molecule has 1 saturated heterocycles. The highest BCUT2D eigenvalue weighted by molar-refractivity contribution is 5.99. The number of rotatable bonds is 2. The first kappa shape index (κ1) is 16.6. The van der Waals surface area contributed by atoms with Gasteiger partial charge in [0, 0.05) is 30.4 Å². The van der Waals surface area contributed by atoms with Crippen molar-refractivity contribution in [2.45, 2.75) is 31.8 Å². The topological polar surface area (TPSA) is 52.7 Å². The van der Waals surface area contributed by atoms with Crippen molar-refractivity contribution in [3.05, 3.63) is 59.9 Å². The first-order chi connectivity index (χ1) is 12.5. The molecule has 2 aromatic carbocycles. The van der Waals surface area contributed by atoms with Gasteiger partial charge in [-0.1, -0.05) is 24.3 Å². The second-order valence-corrected chi connectivity index (χ2v) is 6.89. The molecule has 134 valence electrons. The molecule has 0 radical (unpaired) electrons. The average molecular weight is 353 g/mol. The van der Waals surface area contributed by atoms with E-state index in [0.29, 0.717) is 12.2 Å². The molecular formula is C20H20FN3O2. The fourth-order valence-corrected chi connectivity index (χ4v) is 3.82. The number of nitrogens with zero attached hydrogens (tertiary/aromatic N) is 2. The molecule has 0 aromatic heterocycles. The van der Waals surface area contributed by atoms with Crippen LogP contribution in [-0.4, -0.2) is 30.6 Å². The monoisotopic (exact) mass is 353 g/mol.